The highest BCUT2D eigenvalue weighted by atomic mass is 79.9. The molecule has 0 radical (unpaired) electrons. The molecule has 5 rings (SSSR count). The fourth-order valence-electron chi connectivity index (χ4n) is 4.46. The molecule has 1 aliphatic rings. The summed E-state index contributed by atoms with van der Waals surface area (Å²) in [7, 11) is 0. The van der Waals surface area contributed by atoms with Crippen molar-refractivity contribution in [2.24, 2.45) is 0 Å². The number of aromatic amines is 1. The lowest BCUT2D eigenvalue weighted by Crippen LogP contribution is -2.32. The Labute approximate surface area is 176 Å². The van der Waals surface area contributed by atoms with Crippen molar-refractivity contribution < 1.29 is 5.11 Å². The number of aromatic nitrogens is 3. The molecular formula is C23H22BrN3O2. The van der Waals surface area contributed by atoms with Crippen LogP contribution in [-0.2, 0) is 13.0 Å². The number of H-pyrrole nitrogens is 1. The molecule has 2 aromatic heterocycles. The predicted octanol–water partition coefficient (Wildman–Crippen LogP) is 4.94. The maximum Gasteiger partial charge on any atom is 0.332 e. The summed E-state index contributed by atoms with van der Waals surface area (Å²) < 4.78 is 4.31. The van der Waals surface area contributed by atoms with Crippen LogP contribution in [0.3, 0.4) is 0 Å². The molecule has 148 valence electrons. The third-order valence-corrected chi connectivity index (χ3v) is 6.36. The van der Waals surface area contributed by atoms with Crippen molar-refractivity contribution in [1.29, 1.82) is 0 Å². The normalized spacial score (nSPS) is 15.4. The second-order valence-corrected chi connectivity index (χ2v) is 8.54. The van der Waals surface area contributed by atoms with E-state index in [-0.39, 0.29) is 17.6 Å². The van der Waals surface area contributed by atoms with Gasteiger partial charge < -0.3 is 10.1 Å². The largest absolute Gasteiger partial charge is 0.493 e. The topological polar surface area (TPSA) is 62.9 Å². The van der Waals surface area contributed by atoms with E-state index in [0.29, 0.717) is 18.7 Å². The molecule has 0 amide bonds. The van der Waals surface area contributed by atoms with E-state index in [1.165, 1.54) is 4.57 Å². The summed E-state index contributed by atoms with van der Waals surface area (Å²) in [6.45, 7) is 2.61. The maximum absolute atomic E-state index is 13.3. The number of rotatable bonds is 4. The SMILES string of the molecule is CCCCn1c(O)c2n(c1=O)[C@@H](c1ccccc1)c1[nH]c3ccc(Br)cc3c1C2. The molecule has 2 N–H and O–H groups in total. The highest BCUT2D eigenvalue weighted by molar-refractivity contribution is 9.10. The van der Waals surface area contributed by atoms with Crippen molar-refractivity contribution in [2.75, 3.05) is 0 Å². The molecule has 0 saturated carbocycles. The minimum absolute atomic E-state index is 0.0966. The first-order valence-electron chi connectivity index (χ1n) is 9.98. The lowest BCUT2D eigenvalue weighted by Gasteiger charge is -2.25. The first kappa shape index (κ1) is 18.3. The summed E-state index contributed by atoms with van der Waals surface area (Å²) in [5.41, 5.74) is 4.76. The van der Waals surface area contributed by atoms with Gasteiger partial charge in [0.15, 0.2) is 0 Å². The predicted molar refractivity (Wildman–Crippen MR) is 118 cm³/mol. The number of nitrogens with zero attached hydrogens (tertiary/aromatic N) is 2. The van der Waals surface area contributed by atoms with Gasteiger partial charge in [0.2, 0.25) is 5.88 Å². The van der Waals surface area contributed by atoms with Crippen LogP contribution in [0, 0.1) is 0 Å². The van der Waals surface area contributed by atoms with Gasteiger partial charge in [-0.2, -0.15) is 0 Å². The van der Waals surface area contributed by atoms with Crippen LogP contribution in [-0.4, -0.2) is 19.2 Å². The van der Waals surface area contributed by atoms with E-state index in [2.05, 4.69) is 40.0 Å². The minimum Gasteiger partial charge on any atom is -0.493 e. The smallest absolute Gasteiger partial charge is 0.332 e. The number of hydrogen-bond donors (Lipinski definition) is 2. The summed E-state index contributed by atoms with van der Waals surface area (Å²) in [6, 6.07) is 15.9. The first-order chi connectivity index (χ1) is 14.1. The molecule has 4 aromatic rings. The van der Waals surface area contributed by atoms with Gasteiger partial charge in [0, 0.05) is 34.0 Å². The van der Waals surface area contributed by atoms with Crippen LogP contribution in [0.5, 0.6) is 5.88 Å². The van der Waals surface area contributed by atoms with Crippen molar-refractivity contribution >= 4 is 26.8 Å². The summed E-state index contributed by atoms with van der Waals surface area (Å²) in [5.74, 6) is 0.0966. The van der Waals surface area contributed by atoms with Gasteiger partial charge in [0.1, 0.15) is 6.04 Å². The zero-order valence-corrected chi connectivity index (χ0v) is 17.7. The number of benzene rings is 2. The van der Waals surface area contributed by atoms with Gasteiger partial charge in [-0.1, -0.05) is 59.6 Å². The lowest BCUT2D eigenvalue weighted by atomic mass is 9.93. The molecule has 1 aliphatic heterocycles. The van der Waals surface area contributed by atoms with Crippen LogP contribution in [0.1, 0.15) is 48.3 Å². The molecule has 6 heteroatoms. The Hall–Kier alpha value is -2.73. The summed E-state index contributed by atoms with van der Waals surface area (Å²) in [6.07, 6.45) is 2.34. The zero-order valence-electron chi connectivity index (χ0n) is 16.2. The zero-order chi connectivity index (χ0) is 20.1. The minimum atomic E-state index is -0.289. The third-order valence-electron chi connectivity index (χ3n) is 5.87. The Balaban J connectivity index is 1.80. The highest BCUT2D eigenvalue weighted by Gasteiger charge is 2.35. The molecule has 0 aliphatic carbocycles. The number of unbranched alkanes of at least 4 members (excludes halogenated alkanes) is 1. The number of halogens is 1. The fourth-order valence-corrected chi connectivity index (χ4v) is 4.82. The fraction of sp³-hybridized carbons (Fsp3) is 0.261. The van der Waals surface area contributed by atoms with Crippen LogP contribution in [0.2, 0.25) is 0 Å². The number of fused-ring (bicyclic) bond motifs is 4. The number of aromatic hydroxyl groups is 1. The second-order valence-electron chi connectivity index (χ2n) is 7.63. The van der Waals surface area contributed by atoms with Crippen LogP contribution < -0.4 is 5.69 Å². The van der Waals surface area contributed by atoms with E-state index in [4.69, 9.17) is 0 Å². The molecule has 0 saturated heterocycles. The second kappa shape index (κ2) is 6.95. The summed E-state index contributed by atoms with van der Waals surface area (Å²) in [4.78, 5) is 16.9. The Bertz CT molecular complexity index is 1270. The Morgan fingerprint density at radius 3 is 2.76 bits per heavy atom. The van der Waals surface area contributed by atoms with Gasteiger partial charge in [0.05, 0.1) is 5.69 Å². The Kier molecular flexibility index (Phi) is 4.39. The molecule has 5 nitrogen and oxygen atoms in total. The Morgan fingerprint density at radius 2 is 2.00 bits per heavy atom. The number of nitrogens with one attached hydrogen (secondary N) is 1. The molecular weight excluding hydrogens is 430 g/mol. The number of hydrogen-bond acceptors (Lipinski definition) is 2. The van der Waals surface area contributed by atoms with Gasteiger partial charge in [-0.05, 0) is 35.7 Å². The first-order valence-corrected chi connectivity index (χ1v) is 10.8. The molecule has 3 heterocycles. The monoisotopic (exact) mass is 451 g/mol. The van der Waals surface area contributed by atoms with Crippen LogP contribution in [0.25, 0.3) is 10.9 Å². The molecule has 29 heavy (non-hydrogen) atoms. The average Bonchev–Trinajstić information content (AvgIpc) is 3.21. The molecule has 2 aromatic carbocycles. The van der Waals surface area contributed by atoms with E-state index in [0.717, 1.165) is 45.0 Å². The van der Waals surface area contributed by atoms with Crippen LogP contribution in [0.4, 0.5) is 0 Å². The third kappa shape index (κ3) is 2.77. The van der Waals surface area contributed by atoms with Gasteiger partial charge in [-0.15, -0.1) is 0 Å². The van der Waals surface area contributed by atoms with Crippen molar-refractivity contribution in [2.45, 2.75) is 38.8 Å². The van der Waals surface area contributed by atoms with Gasteiger partial charge in [-0.25, -0.2) is 4.79 Å². The molecule has 1 atom stereocenters. The maximum atomic E-state index is 13.3. The van der Waals surface area contributed by atoms with Crippen molar-refractivity contribution in [3.63, 3.8) is 0 Å². The van der Waals surface area contributed by atoms with E-state index in [1.54, 1.807) is 4.57 Å². The highest BCUT2D eigenvalue weighted by Crippen LogP contribution is 2.41. The molecule has 0 fully saturated rings. The molecule has 0 unspecified atom stereocenters. The van der Waals surface area contributed by atoms with E-state index < -0.39 is 0 Å². The van der Waals surface area contributed by atoms with Crippen LogP contribution in [0.15, 0.2) is 57.8 Å². The average molecular weight is 452 g/mol. The van der Waals surface area contributed by atoms with Gasteiger partial charge >= 0.3 is 5.69 Å². The number of imidazole rings is 1. The molecule has 0 spiro atoms. The lowest BCUT2D eigenvalue weighted by molar-refractivity contribution is 0.404. The van der Waals surface area contributed by atoms with Gasteiger partial charge in [0.25, 0.3) is 0 Å². The van der Waals surface area contributed by atoms with E-state index in [1.807, 2.05) is 36.4 Å². The standard InChI is InChI=1S/C23H22BrN3O2/c1-2-3-11-26-22(28)19-13-17-16-12-15(24)9-10-18(16)25-20(17)21(27(19)23(26)29)14-7-5-4-6-8-14/h4-10,12,21,25,28H,2-3,11,13H2,1H3/t21-/m0/s1. The summed E-state index contributed by atoms with van der Waals surface area (Å²) >= 11 is 3.57. The van der Waals surface area contributed by atoms with Crippen LogP contribution >= 0.6 is 15.9 Å². The van der Waals surface area contributed by atoms with Gasteiger partial charge in [-0.3, -0.25) is 9.13 Å². The van der Waals surface area contributed by atoms with Crippen molar-refractivity contribution in [1.82, 2.24) is 14.1 Å². The molecule has 0 bridgehead atoms. The van der Waals surface area contributed by atoms with E-state index in [9.17, 15) is 9.90 Å². The quantitative estimate of drug-likeness (QED) is 0.406. The van der Waals surface area contributed by atoms with Crippen molar-refractivity contribution in [3.8, 4) is 5.88 Å². The van der Waals surface area contributed by atoms with Crippen molar-refractivity contribution in [3.05, 3.63) is 86.0 Å². The summed E-state index contributed by atoms with van der Waals surface area (Å²) in [5, 5.41) is 12.1. The van der Waals surface area contributed by atoms with E-state index >= 15 is 0 Å². The Morgan fingerprint density at radius 1 is 1.21 bits per heavy atom.